The molecule has 0 bridgehead atoms. The van der Waals surface area contributed by atoms with Crippen LogP contribution in [0.4, 0.5) is 0 Å². The van der Waals surface area contributed by atoms with Crippen molar-refractivity contribution in [3.8, 4) is 0 Å². The number of aromatic nitrogens is 2. The predicted octanol–water partition coefficient (Wildman–Crippen LogP) is 0.457. The molecule has 6 heteroatoms. The molecule has 1 heterocycles. The molecule has 102 valence electrons. The van der Waals surface area contributed by atoms with Gasteiger partial charge in [0.15, 0.2) is 0 Å². The maximum Gasteiger partial charge on any atom is 0.323 e. The molecule has 1 atom stereocenters. The number of aromatic amines is 2. The van der Waals surface area contributed by atoms with Crippen LogP contribution < -0.4 is 16.7 Å². The van der Waals surface area contributed by atoms with E-state index in [0.717, 1.165) is 16.6 Å². The first-order valence-corrected chi connectivity index (χ1v) is 6.26. The largest absolute Gasteiger partial charge is 0.352 e. The van der Waals surface area contributed by atoms with Crippen LogP contribution in [0, 0.1) is 5.92 Å². The van der Waals surface area contributed by atoms with Gasteiger partial charge < -0.3 is 21.0 Å². The van der Waals surface area contributed by atoms with Crippen LogP contribution in [0.3, 0.4) is 0 Å². The van der Waals surface area contributed by atoms with Crippen molar-refractivity contribution in [2.75, 3.05) is 6.54 Å². The summed E-state index contributed by atoms with van der Waals surface area (Å²) in [6.07, 6.45) is 0.430. The molecule has 5 N–H and O–H groups in total. The van der Waals surface area contributed by atoms with Gasteiger partial charge in [0.1, 0.15) is 0 Å². The van der Waals surface area contributed by atoms with E-state index in [1.807, 2.05) is 25.1 Å². The van der Waals surface area contributed by atoms with E-state index in [2.05, 4.69) is 15.3 Å². The average molecular weight is 262 g/mol. The number of carbonyl (C=O) groups is 1. The first kappa shape index (κ1) is 13.4. The number of fused-ring (bicyclic) bond motifs is 1. The Balaban J connectivity index is 1.97. The molecule has 0 saturated carbocycles. The molecular formula is C13H18N4O2. The number of nitrogens with one attached hydrogen (secondary N) is 3. The minimum Gasteiger partial charge on any atom is -0.352 e. The fourth-order valence-electron chi connectivity index (χ4n) is 1.86. The van der Waals surface area contributed by atoms with E-state index in [0.29, 0.717) is 19.5 Å². The topological polar surface area (TPSA) is 104 Å². The molecule has 0 aliphatic rings. The number of H-pyrrole nitrogens is 2. The van der Waals surface area contributed by atoms with Crippen molar-refractivity contribution in [2.24, 2.45) is 11.7 Å². The minimum absolute atomic E-state index is 0.0133. The van der Waals surface area contributed by atoms with Crippen molar-refractivity contribution in [3.63, 3.8) is 0 Å². The highest BCUT2D eigenvalue weighted by Crippen LogP contribution is 2.10. The van der Waals surface area contributed by atoms with Crippen LogP contribution in [0.2, 0.25) is 0 Å². The number of benzene rings is 1. The lowest BCUT2D eigenvalue weighted by atomic mass is 10.1. The number of hydrogen-bond donors (Lipinski definition) is 4. The van der Waals surface area contributed by atoms with Gasteiger partial charge in [-0.2, -0.15) is 0 Å². The molecule has 2 rings (SSSR count). The van der Waals surface area contributed by atoms with Crippen molar-refractivity contribution in [1.29, 1.82) is 0 Å². The minimum atomic E-state index is -0.229. The van der Waals surface area contributed by atoms with Crippen LogP contribution in [-0.4, -0.2) is 22.4 Å². The van der Waals surface area contributed by atoms with Gasteiger partial charge in [0, 0.05) is 13.0 Å². The van der Waals surface area contributed by atoms with Crippen LogP contribution in [0.1, 0.15) is 18.9 Å². The molecule has 1 unspecified atom stereocenters. The van der Waals surface area contributed by atoms with Crippen LogP contribution >= 0.6 is 0 Å². The van der Waals surface area contributed by atoms with Gasteiger partial charge in [-0.25, -0.2) is 4.79 Å². The Morgan fingerprint density at radius 2 is 2.11 bits per heavy atom. The number of nitrogens with two attached hydrogens (primary N) is 1. The maximum atomic E-state index is 11.6. The summed E-state index contributed by atoms with van der Waals surface area (Å²) >= 11 is 0. The van der Waals surface area contributed by atoms with E-state index in [-0.39, 0.29) is 17.5 Å². The van der Waals surface area contributed by atoms with Crippen LogP contribution in [-0.2, 0) is 11.3 Å². The second-order valence-corrected chi connectivity index (χ2v) is 4.78. The third kappa shape index (κ3) is 3.45. The number of amides is 1. The molecule has 0 saturated heterocycles. The summed E-state index contributed by atoms with van der Waals surface area (Å²) in [6.45, 7) is 2.89. The summed E-state index contributed by atoms with van der Waals surface area (Å²) < 4.78 is 0. The van der Waals surface area contributed by atoms with Gasteiger partial charge in [-0.15, -0.1) is 0 Å². The molecule has 6 nitrogen and oxygen atoms in total. The van der Waals surface area contributed by atoms with Crippen molar-refractivity contribution in [1.82, 2.24) is 15.3 Å². The van der Waals surface area contributed by atoms with Gasteiger partial charge in [-0.1, -0.05) is 13.0 Å². The third-order valence-corrected chi connectivity index (χ3v) is 3.01. The van der Waals surface area contributed by atoms with Crippen LogP contribution in [0.15, 0.2) is 23.0 Å². The van der Waals surface area contributed by atoms with Gasteiger partial charge in [0.25, 0.3) is 0 Å². The molecule has 1 amide bonds. The normalized spacial score (nSPS) is 12.5. The summed E-state index contributed by atoms with van der Waals surface area (Å²) in [5.41, 5.74) is 7.69. The molecule has 0 aliphatic carbocycles. The summed E-state index contributed by atoms with van der Waals surface area (Å²) in [5.74, 6) is 0.170. The quantitative estimate of drug-likeness (QED) is 0.629. The van der Waals surface area contributed by atoms with Crippen molar-refractivity contribution < 1.29 is 4.79 Å². The summed E-state index contributed by atoms with van der Waals surface area (Å²) in [6, 6.07) is 5.54. The molecule has 1 aromatic heterocycles. The molecule has 0 aliphatic heterocycles. The Morgan fingerprint density at radius 1 is 1.37 bits per heavy atom. The third-order valence-electron chi connectivity index (χ3n) is 3.01. The Kier molecular flexibility index (Phi) is 4.01. The molecule has 0 spiro atoms. The van der Waals surface area contributed by atoms with Crippen molar-refractivity contribution in [3.05, 3.63) is 34.2 Å². The number of imidazole rings is 1. The monoisotopic (exact) mass is 262 g/mol. The van der Waals surface area contributed by atoms with E-state index in [1.54, 1.807) is 0 Å². The number of hydrogen-bond acceptors (Lipinski definition) is 3. The van der Waals surface area contributed by atoms with Gasteiger partial charge in [0.2, 0.25) is 5.91 Å². The zero-order valence-corrected chi connectivity index (χ0v) is 10.8. The highest BCUT2D eigenvalue weighted by atomic mass is 16.1. The second kappa shape index (κ2) is 5.71. The van der Waals surface area contributed by atoms with E-state index >= 15 is 0 Å². The van der Waals surface area contributed by atoms with Crippen molar-refractivity contribution in [2.45, 2.75) is 19.9 Å². The van der Waals surface area contributed by atoms with Crippen molar-refractivity contribution >= 4 is 16.9 Å². The van der Waals surface area contributed by atoms with Gasteiger partial charge in [-0.05, 0) is 30.2 Å². The van der Waals surface area contributed by atoms with Gasteiger partial charge in [-0.3, -0.25) is 4.79 Å². The molecule has 2 aromatic rings. The Hall–Kier alpha value is -2.08. The van der Waals surface area contributed by atoms with E-state index in [4.69, 9.17) is 5.73 Å². The highest BCUT2D eigenvalue weighted by molar-refractivity contribution is 5.77. The SMILES string of the molecule is CC(CN)CC(=O)NCc1ccc2[nH]c(=O)[nH]c2c1. The van der Waals surface area contributed by atoms with Gasteiger partial charge in [0.05, 0.1) is 11.0 Å². The Morgan fingerprint density at radius 3 is 2.84 bits per heavy atom. The lowest BCUT2D eigenvalue weighted by Gasteiger charge is -2.09. The zero-order chi connectivity index (χ0) is 13.8. The smallest absolute Gasteiger partial charge is 0.323 e. The average Bonchev–Trinajstić information content (AvgIpc) is 2.75. The van der Waals surface area contributed by atoms with E-state index < -0.39 is 0 Å². The zero-order valence-electron chi connectivity index (χ0n) is 10.8. The summed E-state index contributed by atoms with van der Waals surface area (Å²) in [5, 5.41) is 2.84. The molecule has 1 aromatic carbocycles. The maximum absolute atomic E-state index is 11.6. The van der Waals surface area contributed by atoms with Crippen LogP contribution in [0.5, 0.6) is 0 Å². The molecular weight excluding hydrogens is 244 g/mol. The number of rotatable bonds is 5. The fraction of sp³-hybridized carbons (Fsp3) is 0.385. The lowest BCUT2D eigenvalue weighted by molar-refractivity contribution is -0.122. The Bertz CT molecular complexity index is 629. The Labute approximate surface area is 110 Å². The number of carbonyl (C=O) groups excluding carboxylic acids is 1. The lowest BCUT2D eigenvalue weighted by Crippen LogP contribution is -2.26. The summed E-state index contributed by atoms with van der Waals surface area (Å²) in [4.78, 5) is 28.1. The molecule has 19 heavy (non-hydrogen) atoms. The standard InChI is InChI=1S/C13H18N4O2/c1-8(6-14)4-12(18)15-7-9-2-3-10-11(5-9)17-13(19)16-10/h2-3,5,8H,4,6-7,14H2,1H3,(H,15,18)(H2,16,17,19). The van der Waals surface area contributed by atoms with Crippen LogP contribution in [0.25, 0.3) is 11.0 Å². The van der Waals surface area contributed by atoms with E-state index in [1.165, 1.54) is 0 Å². The predicted molar refractivity (Wildman–Crippen MR) is 73.6 cm³/mol. The van der Waals surface area contributed by atoms with Gasteiger partial charge >= 0.3 is 5.69 Å². The fourth-order valence-corrected chi connectivity index (χ4v) is 1.86. The first-order valence-electron chi connectivity index (χ1n) is 6.26. The molecule has 0 fully saturated rings. The second-order valence-electron chi connectivity index (χ2n) is 4.78. The highest BCUT2D eigenvalue weighted by Gasteiger charge is 2.07. The molecule has 0 radical (unpaired) electrons. The first-order chi connectivity index (χ1) is 9.08. The summed E-state index contributed by atoms with van der Waals surface area (Å²) in [7, 11) is 0. The van der Waals surface area contributed by atoms with E-state index in [9.17, 15) is 9.59 Å².